The van der Waals surface area contributed by atoms with Crippen LogP contribution >= 0.6 is 0 Å². The van der Waals surface area contributed by atoms with E-state index in [2.05, 4.69) is 0 Å². The molecule has 2 atom stereocenters. The molecular weight excluding hydrogens is 494 g/mol. The van der Waals surface area contributed by atoms with E-state index in [1.165, 1.54) is 0 Å². The lowest BCUT2D eigenvalue weighted by atomic mass is 9.77. The molecule has 1 aromatic heterocycles. The topological polar surface area (TPSA) is 105 Å². The second kappa shape index (κ2) is 10.0. The van der Waals surface area contributed by atoms with Crippen molar-refractivity contribution in [2.75, 3.05) is 6.54 Å². The van der Waals surface area contributed by atoms with Crippen molar-refractivity contribution in [2.45, 2.75) is 44.1 Å². The maximum absolute atomic E-state index is 13.0. The zero-order valence-electron chi connectivity index (χ0n) is 22.1. The van der Waals surface area contributed by atoms with E-state index in [-0.39, 0.29) is 12.2 Å². The van der Waals surface area contributed by atoms with E-state index in [0.717, 1.165) is 21.6 Å². The summed E-state index contributed by atoms with van der Waals surface area (Å²) >= 11 is 0. The van der Waals surface area contributed by atoms with E-state index < -0.39 is 35.3 Å². The van der Waals surface area contributed by atoms with Crippen LogP contribution in [0.15, 0.2) is 97.2 Å². The van der Waals surface area contributed by atoms with Gasteiger partial charge in [-0.2, -0.15) is 5.10 Å². The molecule has 2 unspecified atom stereocenters. The molecule has 200 valence electrons. The SMILES string of the molecule is CC(C)(C)OC(=O)N1CC(O)c2cn(C(c3ccccc3)(c3ccccc3)c3ccccc3)nc2C1C(=O)O. The minimum Gasteiger partial charge on any atom is -0.479 e. The Labute approximate surface area is 227 Å². The number of ether oxygens (including phenoxy) is 1. The van der Waals surface area contributed by atoms with Crippen molar-refractivity contribution in [3.05, 3.63) is 125 Å². The summed E-state index contributed by atoms with van der Waals surface area (Å²) in [7, 11) is 0. The van der Waals surface area contributed by atoms with Crippen LogP contribution in [0.4, 0.5) is 4.79 Å². The van der Waals surface area contributed by atoms with E-state index >= 15 is 0 Å². The molecule has 1 aliphatic rings. The van der Waals surface area contributed by atoms with Gasteiger partial charge in [-0.3, -0.25) is 9.58 Å². The van der Waals surface area contributed by atoms with Crippen LogP contribution in [0.5, 0.6) is 0 Å². The number of nitrogens with zero attached hydrogens (tertiary/aromatic N) is 3. The number of carbonyl (C=O) groups is 2. The third kappa shape index (κ3) is 4.68. The molecule has 0 spiro atoms. The van der Waals surface area contributed by atoms with Crippen molar-refractivity contribution in [1.82, 2.24) is 14.7 Å². The average Bonchev–Trinajstić information content (AvgIpc) is 3.36. The fourth-order valence-corrected chi connectivity index (χ4v) is 5.27. The number of carboxylic acids is 1. The molecule has 1 aliphatic heterocycles. The van der Waals surface area contributed by atoms with Gasteiger partial charge in [0, 0.05) is 11.8 Å². The Morgan fingerprint density at radius 2 is 1.31 bits per heavy atom. The van der Waals surface area contributed by atoms with Crippen LogP contribution in [0.2, 0.25) is 0 Å². The number of aliphatic hydroxyl groups excluding tert-OH is 1. The summed E-state index contributed by atoms with van der Waals surface area (Å²) in [5.41, 5.74) is 1.30. The highest BCUT2D eigenvalue weighted by Crippen LogP contribution is 2.43. The molecule has 0 saturated carbocycles. The van der Waals surface area contributed by atoms with Gasteiger partial charge >= 0.3 is 12.1 Å². The summed E-state index contributed by atoms with van der Waals surface area (Å²) in [6.07, 6.45) is -0.276. The molecule has 5 rings (SSSR count). The van der Waals surface area contributed by atoms with Gasteiger partial charge in [-0.05, 0) is 37.5 Å². The van der Waals surface area contributed by atoms with Crippen LogP contribution in [-0.4, -0.2) is 49.1 Å². The van der Waals surface area contributed by atoms with Crippen LogP contribution < -0.4 is 0 Å². The molecule has 2 heterocycles. The van der Waals surface area contributed by atoms with Gasteiger partial charge in [0.2, 0.25) is 0 Å². The molecule has 8 heteroatoms. The monoisotopic (exact) mass is 525 g/mol. The predicted octanol–water partition coefficient (Wildman–Crippen LogP) is 5.13. The van der Waals surface area contributed by atoms with Crippen LogP contribution in [0.1, 0.15) is 60.9 Å². The highest BCUT2D eigenvalue weighted by atomic mass is 16.6. The number of β-amino-alcohol motifs (C(OH)–C–C–N with tert-alkyl or cyclic N) is 1. The van der Waals surface area contributed by atoms with Crippen molar-refractivity contribution in [3.63, 3.8) is 0 Å². The van der Waals surface area contributed by atoms with Gasteiger partial charge in [0.15, 0.2) is 6.04 Å². The van der Waals surface area contributed by atoms with Gasteiger partial charge in [0.1, 0.15) is 22.9 Å². The van der Waals surface area contributed by atoms with Crippen molar-refractivity contribution in [3.8, 4) is 0 Å². The standard InChI is InChI=1S/C31H31N3O5/c1-30(2,3)39-29(38)33-20-25(35)24-19-34(32-26(24)27(33)28(36)37)31(21-13-7-4-8-14-21,22-15-9-5-10-16-22)23-17-11-6-12-18-23/h4-19,25,27,35H,20H2,1-3H3,(H,36,37). The lowest BCUT2D eigenvalue weighted by Crippen LogP contribution is -2.47. The Hall–Kier alpha value is -4.43. The van der Waals surface area contributed by atoms with Gasteiger partial charge < -0.3 is 14.9 Å². The number of fused-ring (bicyclic) bond motifs is 1. The van der Waals surface area contributed by atoms with Crippen molar-refractivity contribution < 1.29 is 24.5 Å². The second-order valence-electron chi connectivity index (χ2n) is 10.6. The first-order chi connectivity index (χ1) is 18.6. The Morgan fingerprint density at radius 3 is 1.72 bits per heavy atom. The van der Waals surface area contributed by atoms with Crippen molar-refractivity contribution in [1.29, 1.82) is 0 Å². The van der Waals surface area contributed by atoms with Crippen LogP contribution in [0, 0.1) is 0 Å². The number of hydrogen-bond acceptors (Lipinski definition) is 5. The van der Waals surface area contributed by atoms with Crippen LogP contribution in [-0.2, 0) is 15.1 Å². The normalized spacial score (nSPS) is 17.4. The molecule has 4 aromatic rings. The first kappa shape index (κ1) is 26.2. The third-order valence-corrected chi connectivity index (χ3v) is 6.85. The first-order valence-electron chi connectivity index (χ1n) is 12.8. The summed E-state index contributed by atoms with van der Waals surface area (Å²) in [6.45, 7) is 4.87. The number of amides is 1. The fourth-order valence-electron chi connectivity index (χ4n) is 5.27. The smallest absolute Gasteiger partial charge is 0.411 e. The highest BCUT2D eigenvalue weighted by Gasteiger charge is 2.46. The zero-order chi connectivity index (χ0) is 27.8. The Balaban J connectivity index is 1.77. The first-order valence-corrected chi connectivity index (χ1v) is 12.8. The van der Waals surface area contributed by atoms with Crippen molar-refractivity contribution >= 4 is 12.1 Å². The van der Waals surface area contributed by atoms with Gasteiger partial charge in [-0.25, -0.2) is 9.59 Å². The Morgan fingerprint density at radius 1 is 0.846 bits per heavy atom. The molecule has 0 aliphatic carbocycles. The maximum Gasteiger partial charge on any atom is 0.411 e. The maximum atomic E-state index is 13.0. The van der Waals surface area contributed by atoms with E-state index in [4.69, 9.17) is 9.84 Å². The average molecular weight is 526 g/mol. The summed E-state index contributed by atoms with van der Waals surface area (Å²) < 4.78 is 7.20. The zero-order valence-corrected chi connectivity index (χ0v) is 22.1. The molecule has 0 radical (unpaired) electrons. The number of carboxylic acid groups (broad SMARTS) is 1. The van der Waals surface area contributed by atoms with E-state index in [1.54, 1.807) is 31.6 Å². The lowest BCUT2D eigenvalue weighted by Gasteiger charge is -2.36. The number of rotatable bonds is 5. The number of carbonyl (C=O) groups excluding carboxylic acids is 1. The third-order valence-electron chi connectivity index (χ3n) is 6.85. The lowest BCUT2D eigenvalue weighted by molar-refractivity contribution is -0.145. The molecule has 39 heavy (non-hydrogen) atoms. The molecule has 0 bridgehead atoms. The number of aromatic nitrogens is 2. The minimum atomic E-state index is -1.43. The number of hydrogen-bond donors (Lipinski definition) is 2. The van der Waals surface area contributed by atoms with Crippen LogP contribution in [0.25, 0.3) is 0 Å². The number of aliphatic hydroxyl groups is 1. The highest BCUT2D eigenvalue weighted by molar-refractivity contribution is 5.82. The van der Waals surface area contributed by atoms with E-state index in [0.29, 0.717) is 5.56 Å². The Kier molecular flexibility index (Phi) is 6.74. The largest absolute Gasteiger partial charge is 0.479 e. The molecule has 2 N–H and O–H groups in total. The number of aliphatic carboxylic acids is 1. The quantitative estimate of drug-likeness (QED) is 0.350. The summed E-state index contributed by atoms with van der Waals surface area (Å²) in [4.78, 5) is 26.7. The minimum absolute atomic E-state index is 0.0966. The summed E-state index contributed by atoms with van der Waals surface area (Å²) in [5, 5.41) is 26.3. The van der Waals surface area contributed by atoms with E-state index in [9.17, 15) is 19.8 Å². The Bertz CT molecular complexity index is 1370. The van der Waals surface area contributed by atoms with Gasteiger partial charge in [-0.1, -0.05) is 91.0 Å². The molecule has 0 fully saturated rings. The van der Waals surface area contributed by atoms with Gasteiger partial charge in [0.25, 0.3) is 0 Å². The molecule has 0 saturated heterocycles. The van der Waals surface area contributed by atoms with Crippen molar-refractivity contribution in [2.24, 2.45) is 0 Å². The molecular formula is C31H31N3O5. The van der Waals surface area contributed by atoms with E-state index in [1.807, 2.05) is 91.0 Å². The van der Waals surface area contributed by atoms with Gasteiger partial charge in [0.05, 0.1) is 6.54 Å². The van der Waals surface area contributed by atoms with Crippen LogP contribution in [0.3, 0.4) is 0 Å². The predicted molar refractivity (Wildman–Crippen MR) is 145 cm³/mol. The molecule has 1 amide bonds. The molecule has 3 aromatic carbocycles. The van der Waals surface area contributed by atoms with Gasteiger partial charge in [-0.15, -0.1) is 0 Å². The molecule has 8 nitrogen and oxygen atoms in total. The number of benzene rings is 3. The summed E-state index contributed by atoms with van der Waals surface area (Å²) in [6, 6.07) is 28.0. The second-order valence-corrected chi connectivity index (χ2v) is 10.6. The summed E-state index contributed by atoms with van der Waals surface area (Å²) in [5.74, 6) is -1.26. The fraction of sp³-hybridized carbons (Fsp3) is 0.258.